The van der Waals surface area contributed by atoms with Gasteiger partial charge in [0.2, 0.25) is 10.0 Å². The summed E-state index contributed by atoms with van der Waals surface area (Å²) in [5, 5.41) is 2.71. The Bertz CT molecular complexity index is 1140. The molecule has 1 saturated heterocycles. The molecule has 2 aromatic carbocycles. The molecule has 2 heterocycles. The number of hydrogen-bond acceptors (Lipinski definition) is 6. The molecule has 0 spiro atoms. The molecule has 3 aromatic rings. The molecule has 30 heavy (non-hydrogen) atoms. The molecular formula is C20H19ClFN3O3S2. The van der Waals surface area contributed by atoms with Crippen molar-refractivity contribution in [2.75, 3.05) is 38.2 Å². The van der Waals surface area contributed by atoms with Crippen molar-refractivity contribution in [1.82, 2.24) is 9.29 Å². The summed E-state index contributed by atoms with van der Waals surface area (Å²) >= 11 is 7.19. The van der Waals surface area contributed by atoms with Crippen molar-refractivity contribution in [1.29, 1.82) is 0 Å². The van der Waals surface area contributed by atoms with Gasteiger partial charge >= 0.3 is 0 Å². The molecule has 6 nitrogen and oxygen atoms in total. The van der Waals surface area contributed by atoms with Crippen molar-refractivity contribution in [3.8, 4) is 17.0 Å². The fourth-order valence-corrected chi connectivity index (χ4v) is 5.64. The van der Waals surface area contributed by atoms with E-state index in [4.69, 9.17) is 16.3 Å². The zero-order valence-corrected chi connectivity index (χ0v) is 18.5. The molecule has 4 rings (SSSR count). The highest BCUT2D eigenvalue weighted by molar-refractivity contribution is 7.89. The van der Waals surface area contributed by atoms with Crippen LogP contribution in [0.2, 0.25) is 5.02 Å². The lowest BCUT2D eigenvalue weighted by Gasteiger charge is -2.33. The second-order valence-electron chi connectivity index (χ2n) is 6.71. The first-order chi connectivity index (χ1) is 14.4. The van der Waals surface area contributed by atoms with Gasteiger partial charge in [0, 0.05) is 37.1 Å². The normalized spacial score (nSPS) is 15.4. The molecule has 0 saturated carbocycles. The lowest BCUT2D eigenvalue weighted by Crippen LogP contribution is -2.48. The van der Waals surface area contributed by atoms with Crippen molar-refractivity contribution < 1.29 is 17.5 Å². The summed E-state index contributed by atoms with van der Waals surface area (Å²) in [7, 11) is -2.02. The number of piperazine rings is 1. The predicted octanol–water partition coefficient (Wildman–Crippen LogP) is 4.12. The van der Waals surface area contributed by atoms with Gasteiger partial charge in [-0.15, -0.1) is 11.3 Å². The zero-order chi connectivity index (χ0) is 21.3. The van der Waals surface area contributed by atoms with E-state index in [1.54, 1.807) is 30.3 Å². The fourth-order valence-electron chi connectivity index (χ4n) is 3.21. The maximum Gasteiger partial charge on any atom is 0.243 e. The number of halogens is 2. The first-order valence-electron chi connectivity index (χ1n) is 9.18. The third kappa shape index (κ3) is 4.15. The molecule has 1 fully saturated rings. The Balaban J connectivity index is 1.44. The molecule has 0 aliphatic carbocycles. The van der Waals surface area contributed by atoms with Crippen LogP contribution >= 0.6 is 22.9 Å². The summed E-state index contributed by atoms with van der Waals surface area (Å²) in [6, 6.07) is 11.0. The van der Waals surface area contributed by atoms with E-state index in [1.165, 1.54) is 34.9 Å². The topological polar surface area (TPSA) is 62.7 Å². The van der Waals surface area contributed by atoms with Gasteiger partial charge in [0.05, 0.1) is 22.7 Å². The summed E-state index contributed by atoms with van der Waals surface area (Å²) in [5.74, 6) is 0.125. The molecular weight excluding hydrogens is 449 g/mol. The largest absolute Gasteiger partial charge is 0.497 e. The van der Waals surface area contributed by atoms with Gasteiger partial charge < -0.3 is 9.64 Å². The van der Waals surface area contributed by atoms with Gasteiger partial charge in [-0.3, -0.25) is 0 Å². The van der Waals surface area contributed by atoms with Gasteiger partial charge in [-0.2, -0.15) is 4.31 Å². The van der Waals surface area contributed by atoms with Crippen LogP contribution in [0.15, 0.2) is 52.7 Å². The van der Waals surface area contributed by atoms with Crippen LogP contribution in [0.5, 0.6) is 5.75 Å². The molecule has 0 N–H and O–H groups in total. The number of ether oxygens (including phenoxy) is 1. The van der Waals surface area contributed by atoms with Crippen molar-refractivity contribution >= 4 is 38.1 Å². The average Bonchev–Trinajstić information content (AvgIpc) is 3.26. The van der Waals surface area contributed by atoms with Crippen molar-refractivity contribution in [3.05, 3.63) is 58.7 Å². The molecule has 1 aromatic heterocycles. The molecule has 10 heteroatoms. The number of benzene rings is 2. The second kappa shape index (κ2) is 8.50. The average molecular weight is 468 g/mol. The molecule has 158 valence electrons. The Hall–Kier alpha value is -2.20. The Morgan fingerprint density at radius 2 is 1.80 bits per heavy atom. The number of nitrogens with zero attached hydrogens (tertiary/aromatic N) is 3. The summed E-state index contributed by atoms with van der Waals surface area (Å²) in [6.07, 6.45) is 0. The molecule has 0 amide bonds. The third-order valence-corrected chi connectivity index (χ3v) is 8.03. The monoisotopic (exact) mass is 467 g/mol. The Morgan fingerprint density at radius 3 is 2.43 bits per heavy atom. The number of anilines is 1. The van der Waals surface area contributed by atoms with E-state index in [-0.39, 0.29) is 9.92 Å². The molecule has 1 aliphatic heterocycles. The van der Waals surface area contributed by atoms with Crippen molar-refractivity contribution in [2.45, 2.75) is 4.90 Å². The molecule has 0 bridgehead atoms. The number of sulfonamides is 1. The maximum absolute atomic E-state index is 13.7. The van der Waals surface area contributed by atoms with E-state index in [2.05, 4.69) is 4.98 Å². The van der Waals surface area contributed by atoms with Crippen LogP contribution in [0.4, 0.5) is 9.52 Å². The SMILES string of the molecule is COc1ccc(S(=O)(=O)N2CCN(c3nc(-c4ccc(Cl)c(F)c4)cs3)CC2)cc1. The van der Waals surface area contributed by atoms with Gasteiger partial charge in [0.25, 0.3) is 0 Å². The number of hydrogen-bond donors (Lipinski definition) is 0. The summed E-state index contributed by atoms with van der Waals surface area (Å²) in [4.78, 5) is 6.88. The fraction of sp³-hybridized carbons (Fsp3) is 0.250. The van der Waals surface area contributed by atoms with E-state index < -0.39 is 15.8 Å². The first-order valence-corrected chi connectivity index (χ1v) is 11.9. The lowest BCUT2D eigenvalue weighted by atomic mass is 10.2. The molecule has 0 unspecified atom stereocenters. The minimum Gasteiger partial charge on any atom is -0.497 e. The Kier molecular flexibility index (Phi) is 5.97. The minimum absolute atomic E-state index is 0.0726. The molecule has 0 radical (unpaired) electrons. The van der Waals surface area contributed by atoms with Crippen LogP contribution in [-0.2, 0) is 10.0 Å². The number of aromatic nitrogens is 1. The van der Waals surface area contributed by atoms with Gasteiger partial charge in [0.1, 0.15) is 11.6 Å². The maximum atomic E-state index is 13.7. The molecule has 1 aliphatic rings. The van der Waals surface area contributed by atoms with Crippen LogP contribution in [0, 0.1) is 5.82 Å². The Labute approximate surface area is 183 Å². The third-order valence-electron chi connectivity index (χ3n) is 4.91. The lowest BCUT2D eigenvalue weighted by molar-refractivity contribution is 0.384. The van der Waals surface area contributed by atoms with Crippen LogP contribution in [-0.4, -0.2) is 51.0 Å². The van der Waals surface area contributed by atoms with E-state index in [0.717, 1.165) is 5.13 Å². The van der Waals surface area contributed by atoms with Gasteiger partial charge in [-0.05, 0) is 36.4 Å². The first kappa shape index (κ1) is 21.0. The van der Waals surface area contributed by atoms with Crippen LogP contribution in [0.1, 0.15) is 0 Å². The van der Waals surface area contributed by atoms with Gasteiger partial charge in [-0.1, -0.05) is 17.7 Å². The highest BCUT2D eigenvalue weighted by atomic mass is 35.5. The van der Waals surface area contributed by atoms with Crippen LogP contribution < -0.4 is 9.64 Å². The summed E-state index contributed by atoms with van der Waals surface area (Å²) in [6.45, 7) is 1.77. The van der Waals surface area contributed by atoms with Crippen molar-refractivity contribution in [2.24, 2.45) is 0 Å². The van der Waals surface area contributed by atoms with E-state index in [1.807, 2.05) is 10.3 Å². The quantitative estimate of drug-likeness (QED) is 0.564. The predicted molar refractivity (Wildman–Crippen MR) is 116 cm³/mol. The number of rotatable bonds is 5. The van der Waals surface area contributed by atoms with Gasteiger partial charge in [0.15, 0.2) is 5.13 Å². The Morgan fingerprint density at radius 1 is 1.10 bits per heavy atom. The van der Waals surface area contributed by atoms with E-state index >= 15 is 0 Å². The standard InChI is InChI=1S/C20H19ClFN3O3S2/c1-28-15-3-5-16(6-4-15)30(26,27)25-10-8-24(9-11-25)20-23-19(13-29-20)14-2-7-17(21)18(22)12-14/h2-7,12-13H,8-11H2,1H3. The number of thiazole rings is 1. The second-order valence-corrected chi connectivity index (χ2v) is 9.89. The molecule has 0 atom stereocenters. The van der Waals surface area contributed by atoms with Crippen molar-refractivity contribution in [3.63, 3.8) is 0 Å². The van der Waals surface area contributed by atoms with Crippen LogP contribution in [0.3, 0.4) is 0 Å². The number of methoxy groups -OCH3 is 1. The summed E-state index contributed by atoms with van der Waals surface area (Å²) in [5.41, 5.74) is 1.32. The van der Waals surface area contributed by atoms with E-state index in [0.29, 0.717) is 43.2 Å². The highest BCUT2D eigenvalue weighted by Crippen LogP contribution is 2.30. The minimum atomic E-state index is -3.56. The smallest absolute Gasteiger partial charge is 0.243 e. The van der Waals surface area contributed by atoms with E-state index in [9.17, 15) is 12.8 Å². The van der Waals surface area contributed by atoms with Crippen LogP contribution in [0.25, 0.3) is 11.3 Å². The van der Waals surface area contributed by atoms with Gasteiger partial charge in [-0.25, -0.2) is 17.8 Å². The zero-order valence-electron chi connectivity index (χ0n) is 16.1. The summed E-state index contributed by atoms with van der Waals surface area (Å²) < 4.78 is 46.1. The highest BCUT2D eigenvalue weighted by Gasteiger charge is 2.29.